The lowest BCUT2D eigenvalue weighted by molar-refractivity contribution is -0.295. The first-order valence-corrected chi connectivity index (χ1v) is 41.4. The predicted molar refractivity (Wildman–Crippen MR) is 440 cm³/mol. The number of aryl methyl sites for hydroxylation is 2. The van der Waals surface area contributed by atoms with Crippen molar-refractivity contribution in [2.24, 2.45) is 41.2 Å². The van der Waals surface area contributed by atoms with E-state index in [0.717, 1.165) is 68.7 Å². The summed E-state index contributed by atoms with van der Waals surface area (Å²) in [5.41, 5.74) is 9.75. The number of aliphatic hydroxyl groups excluding tert-OH is 1. The minimum Gasteiger partial charge on any atom is -0.456 e. The van der Waals surface area contributed by atoms with Crippen LogP contribution in [0.3, 0.4) is 0 Å². The van der Waals surface area contributed by atoms with E-state index in [9.17, 15) is 43.8 Å². The van der Waals surface area contributed by atoms with Gasteiger partial charge < -0.3 is 84.7 Å². The number of alkyl halides is 2. The molecule has 32 heteroatoms. The fraction of sp³-hybridized carbons (Fsp3) is 0.709. The Bertz CT molecular complexity index is 4080. The molecule has 4 fully saturated rings. The van der Waals surface area contributed by atoms with E-state index < -0.39 is 142 Å². The predicted octanol–water partition coefficient (Wildman–Crippen LogP) is 9.91. The fourth-order valence-electron chi connectivity index (χ4n) is 17.6. The molecule has 118 heavy (non-hydrogen) atoms. The number of carbonyl (C=O) groups is 7. The zero-order valence-electron chi connectivity index (χ0n) is 73.6. The van der Waals surface area contributed by atoms with Gasteiger partial charge in [0, 0.05) is 104 Å². The zero-order valence-corrected chi connectivity index (χ0v) is 73.6. The lowest BCUT2D eigenvalue weighted by Gasteiger charge is -2.47. The largest absolute Gasteiger partial charge is 0.456 e. The third kappa shape index (κ3) is 22.7. The Morgan fingerprint density at radius 2 is 1.05 bits per heavy atom. The summed E-state index contributed by atoms with van der Waals surface area (Å²) in [6.45, 7) is 29.1. The second-order valence-corrected chi connectivity index (χ2v) is 34.8. The number of nitrogens with zero attached hydrogens (tertiary/aromatic N) is 9. The number of rotatable bonds is 21. The number of methoxy groups -OCH3 is 2. The summed E-state index contributed by atoms with van der Waals surface area (Å²) in [6.07, 6.45) is 0.578. The van der Waals surface area contributed by atoms with Crippen LogP contribution in [0.25, 0.3) is 22.5 Å². The number of unbranched alkanes of at least 4 members (excludes halogenated alkanes) is 2. The second-order valence-electron chi connectivity index (χ2n) is 34.8. The number of anilines is 2. The van der Waals surface area contributed by atoms with Gasteiger partial charge in [-0.3, -0.25) is 28.5 Å². The van der Waals surface area contributed by atoms with Crippen LogP contribution in [0.2, 0.25) is 0 Å². The summed E-state index contributed by atoms with van der Waals surface area (Å²) < 4.78 is 91.3. The minimum absolute atomic E-state index is 0.0111. The average Bonchev–Trinajstić information content (AvgIpc) is 1.07. The first-order valence-electron chi connectivity index (χ1n) is 41.4. The summed E-state index contributed by atoms with van der Waals surface area (Å²) in [5.74, 6) is -10.5. The number of nitrogen functional groups attached to an aromatic ring is 2. The molecule has 1 amide bonds. The quantitative estimate of drug-likeness (QED) is 0.0170. The highest BCUT2D eigenvalue weighted by Gasteiger charge is 2.63. The SMILES string of the molecule is CC[C@H]1OC(=O)[C@@](C)(F)C(=O)[C@H](C)[C@@H](O[C@@H]2OC(C)CC(N(C)C)C2C)[C@](C)(OC)C[C@@H](C)C(=O)/C(C)=C/[C@]1(C)O.CC[C@H]1OC(=O)[C@@](C)(F)C(=O)[C@H](C)[C@@H](O[C@@H]2OC(C)CC(N(C)C)C2O)[C@](C)(OC)C[C@@H](C)C(=O)[C@H](C)[C@H]2N(CCCCn3cc(-c4cccc(N)c4)nn3)C(=O)O[C@]12C.NCCCCn1cc(-c2cccc(N)c2)nn1. The number of halogens is 2. The minimum atomic E-state index is -3.19. The fourth-order valence-corrected chi connectivity index (χ4v) is 17.6. The van der Waals surface area contributed by atoms with E-state index in [2.05, 4.69) is 25.5 Å². The molecule has 0 aliphatic carbocycles. The summed E-state index contributed by atoms with van der Waals surface area (Å²) in [4.78, 5) is 103. The molecule has 2 aromatic heterocycles. The maximum absolute atomic E-state index is 16.9. The van der Waals surface area contributed by atoms with Crippen molar-refractivity contribution >= 4 is 52.5 Å². The molecule has 0 bridgehead atoms. The van der Waals surface area contributed by atoms with Crippen molar-refractivity contribution < 1.29 is 95.2 Å². The molecular formula is C86H134F2N12O18. The Morgan fingerprint density at radius 3 is 1.51 bits per heavy atom. The number of Topliss-reactive ketones (excluding diaryl/α,β-unsaturated/α-hetero) is 4. The Morgan fingerprint density at radius 1 is 0.610 bits per heavy atom. The second kappa shape index (κ2) is 40.8. The maximum atomic E-state index is 16.9. The molecule has 30 nitrogen and oxygen atoms in total. The lowest BCUT2D eigenvalue weighted by Crippen LogP contribution is -2.61. The monoisotopic (exact) mass is 1660 g/mol. The van der Waals surface area contributed by atoms with Gasteiger partial charge in [-0.2, -0.15) is 0 Å². The van der Waals surface area contributed by atoms with Gasteiger partial charge in [-0.1, -0.05) is 90.1 Å². The van der Waals surface area contributed by atoms with Gasteiger partial charge in [0.25, 0.3) is 11.3 Å². The standard InChI is InChI=1S/C43H65FN6O10.C31H52FNO8.C12H17N5/c1-12-32-43(8)35(50(40(55)60-43)19-14-13-18-49-23-30(46-47-49)28-16-15-17-29(45)21-28)26(4)33(51)24(2)22-41(6,56-11)37(27(5)36(53)42(7,44)39(54)58-32)59-38-34(52)31(48(9)10)20-25(3)57-38;1-13-23-29(7,37)15-17(2)24(34)18(3)16-30(8,38-12)26(21(6)25(35)31(9,32)28(36)40-23)41-27-20(5)22(33(10)11)14-19(4)39-27;13-6-1-2-7-17-9-12(15-16-17)10-4-3-5-11(14)8-10/h15-17,21,23-27,31-32,34-35,37-38,52H,12-14,18-20,22,45H2,1-11H3;15,18-23,26-27,37H,13-14,16H2,1-12H3;3-5,8-9H,1-2,6-7,13-14H2/b;17-15+;/t24-,25?,26+,27+,31?,32-,34?,35-,37-,38+,41-,42+,43-;18-,19?,20?,21+,22?,23-,26-,27+,29+,30-,31+;/m11./s1. The first-order chi connectivity index (χ1) is 55.1. The van der Waals surface area contributed by atoms with Gasteiger partial charge in [0.1, 0.15) is 41.1 Å². The highest BCUT2D eigenvalue weighted by molar-refractivity contribution is 6.08. The molecule has 2 aromatic carbocycles. The molecule has 8 N–H and O–H groups in total. The molecule has 7 heterocycles. The van der Waals surface area contributed by atoms with Crippen LogP contribution >= 0.6 is 0 Å². The molecule has 9 rings (SSSR count). The van der Waals surface area contributed by atoms with E-state index in [-0.39, 0.29) is 79.6 Å². The van der Waals surface area contributed by atoms with E-state index in [0.29, 0.717) is 37.2 Å². The van der Waals surface area contributed by atoms with Crippen molar-refractivity contribution in [3.63, 3.8) is 0 Å². The average molecular weight is 1660 g/mol. The molecule has 4 saturated heterocycles. The molecule has 0 saturated carbocycles. The number of ether oxygens (including phenoxy) is 9. The van der Waals surface area contributed by atoms with E-state index in [1.807, 2.05) is 113 Å². The van der Waals surface area contributed by atoms with E-state index in [1.165, 1.54) is 46.0 Å². The number of hydrogen-bond donors (Lipinski definition) is 5. The van der Waals surface area contributed by atoms with Gasteiger partial charge in [0.05, 0.1) is 54.1 Å². The van der Waals surface area contributed by atoms with Gasteiger partial charge in [0.2, 0.25) is 0 Å². The van der Waals surface area contributed by atoms with Crippen LogP contribution in [0.15, 0.2) is 72.6 Å². The van der Waals surface area contributed by atoms with Gasteiger partial charge in [-0.15, -0.1) is 10.2 Å². The molecule has 0 radical (unpaired) electrons. The Labute approximate surface area is 694 Å². The van der Waals surface area contributed by atoms with Crippen LogP contribution in [0.4, 0.5) is 25.0 Å². The first kappa shape index (κ1) is 97.5. The van der Waals surface area contributed by atoms with Crippen molar-refractivity contribution in [3.8, 4) is 22.5 Å². The van der Waals surface area contributed by atoms with Crippen LogP contribution < -0.4 is 17.2 Å². The summed E-state index contributed by atoms with van der Waals surface area (Å²) >= 11 is 0. The van der Waals surface area contributed by atoms with Crippen molar-refractivity contribution in [2.75, 3.05) is 67.0 Å². The van der Waals surface area contributed by atoms with Crippen molar-refractivity contribution in [3.05, 3.63) is 72.6 Å². The Hall–Kier alpha value is -7.63. The van der Waals surface area contributed by atoms with E-state index >= 15 is 8.78 Å². The number of amides is 1. The van der Waals surface area contributed by atoms with E-state index in [4.69, 9.17) is 59.8 Å². The Kier molecular flexibility index (Phi) is 33.7. The zero-order chi connectivity index (χ0) is 88.2. The topological polar surface area (TPSA) is 392 Å². The number of esters is 2. The van der Waals surface area contributed by atoms with Gasteiger partial charge in [0.15, 0.2) is 35.5 Å². The van der Waals surface area contributed by atoms with Crippen molar-refractivity contribution in [1.82, 2.24) is 44.7 Å². The maximum Gasteiger partial charge on any atom is 0.410 e. The Balaban J connectivity index is 0.000000283. The number of aliphatic hydroxyl groups is 2. The molecule has 5 aliphatic heterocycles. The van der Waals surface area contributed by atoms with Crippen molar-refractivity contribution in [1.29, 1.82) is 0 Å². The molecule has 660 valence electrons. The number of nitrogens with two attached hydrogens (primary N) is 3. The third-order valence-corrected chi connectivity index (χ3v) is 24.5. The molecule has 0 spiro atoms. The number of ketones is 4. The van der Waals surface area contributed by atoms with Crippen LogP contribution in [-0.2, 0) is 84.5 Å². The summed E-state index contributed by atoms with van der Waals surface area (Å²) in [5, 5.41) is 39.3. The number of carbonyl (C=O) groups excluding carboxylic acids is 7. The highest BCUT2D eigenvalue weighted by atomic mass is 19.1. The van der Waals surface area contributed by atoms with Gasteiger partial charge in [-0.25, -0.2) is 23.2 Å². The molecule has 6 unspecified atom stereocenters. The molecule has 4 aromatic rings. The van der Waals surface area contributed by atoms with Crippen LogP contribution in [0.1, 0.15) is 182 Å². The number of allylic oxidation sites excluding steroid dienone is 1. The molecule has 24 atom stereocenters. The van der Waals surface area contributed by atoms with Gasteiger partial charge in [-0.05, 0) is 197 Å². The van der Waals surface area contributed by atoms with Crippen molar-refractivity contribution in [2.45, 2.75) is 302 Å². The number of likely N-dealkylation sites (N-methyl/N-ethyl adjacent to an activating group) is 1. The van der Waals surface area contributed by atoms with Crippen LogP contribution in [-0.4, -0.2) is 259 Å². The van der Waals surface area contributed by atoms with Crippen LogP contribution in [0, 0.1) is 35.5 Å². The number of fused-ring (bicyclic) bond motifs is 1. The lowest BCUT2D eigenvalue weighted by atomic mass is 9.73. The number of hydrogen-bond acceptors (Lipinski definition) is 27. The summed E-state index contributed by atoms with van der Waals surface area (Å²) in [6, 6.07) is 13.8. The third-order valence-electron chi connectivity index (χ3n) is 24.5. The number of cyclic esters (lactones) is 2. The number of benzene rings is 2. The smallest absolute Gasteiger partial charge is 0.410 e. The highest BCUT2D eigenvalue weighted by Crippen LogP contribution is 2.46. The van der Waals surface area contributed by atoms with Gasteiger partial charge >= 0.3 is 18.0 Å². The normalized spacial score (nSPS) is 36.1. The molecular weight excluding hydrogens is 1530 g/mol. The van der Waals surface area contributed by atoms with Crippen LogP contribution in [0.5, 0.6) is 0 Å². The summed E-state index contributed by atoms with van der Waals surface area (Å²) in [7, 11) is 10.4. The molecule has 5 aliphatic rings. The van der Waals surface area contributed by atoms with E-state index in [1.54, 1.807) is 73.1 Å². The number of aromatic nitrogens is 6.